The van der Waals surface area contributed by atoms with Gasteiger partial charge in [-0.2, -0.15) is 0 Å². The van der Waals surface area contributed by atoms with Gasteiger partial charge in [0.15, 0.2) is 21.7 Å². The van der Waals surface area contributed by atoms with E-state index in [0.717, 1.165) is 19.3 Å². The van der Waals surface area contributed by atoms with Gasteiger partial charge < -0.3 is 9.97 Å². The van der Waals surface area contributed by atoms with Crippen molar-refractivity contribution in [3.63, 3.8) is 0 Å². The van der Waals surface area contributed by atoms with Gasteiger partial charge in [-0.3, -0.25) is 19.2 Å². The number of fused-ring (bicyclic) bond motifs is 8. The molecule has 4 aromatic carbocycles. The SMILES string of the molecule is O=c1c2c(c(=O)c3c1ccc1[nH]c4c(ccc5c(=O)c6c(c(=O)c54)CCC6)[nH]c13)CCCC2. The first-order valence-corrected chi connectivity index (χ1v) is 11.6. The van der Waals surface area contributed by atoms with Crippen LogP contribution >= 0.6 is 0 Å². The highest BCUT2D eigenvalue weighted by atomic mass is 16.1. The van der Waals surface area contributed by atoms with E-state index in [9.17, 15) is 19.2 Å². The van der Waals surface area contributed by atoms with Crippen molar-refractivity contribution in [3.05, 3.63) is 87.4 Å². The zero-order valence-corrected chi connectivity index (χ0v) is 17.9. The van der Waals surface area contributed by atoms with Crippen LogP contribution in [0.5, 0.6) is 0 Å². The third-order valence-corrected chi connectivity index (χ3v) is 7.66. The van der Waals surface area contributed by atoms with Crippen molar-refractivity contribution in [2.24, 2.45) is 0 Å². The summed E-state index contributed by atoms with van der Waals surface area (Å²) in [6, 6.07) is 6.95. The Bertz CT molecular complexity index is 1930. The smallest absolute Gasteiger partial charge is 0.192 e. The Morgan fingerprint density at radius 2 is 0.879 bits per heavy atom. The van der Waals surface area contributed by atoms with Crippen molar-refractivity contribution in [2.45, 2.75) is 44.9 Å². The summed E-state index contributed by atoms with van der Waals surface area (Å²) in [6.07, 6.45) is 5.25. The van der Waals surface area contributed by atoms with Gasteiger partial charge in [0.1, 0.15) is 0 Å². The normalized spacial score (nSPS) is 15.5. The average molecular weight is 436 g/mol. The molecule has 0 atom stereocenters. The van der Waals surface area contributed by atoms with Crippen LogP contribution in [0.1, 0.15) is 41.5 Å². The van der Waals surface area contributed by atoms with E-state index < -0.39 is 0 Å². The van der Waals surface area contributed by atoms with Gasteiger partial charge in [0.05, 0.1) is 32.8 Å². The minimum Gasteiger partial charge on any atom is -0.351 e. The molecule has 0 saturated carbocycles. The lowest BCUT2D eigenvalue weighted by atomic mass is 9.88. The van der Waals surface area contributed by atoms with Gasteiger partial charge in [-0.1, -0.05) is 0 Å². The second kappa shape index (κ2) is 6.38. The maximum absolute atomic E-state index is 13.5. The monoisotopic (exact) mass is 436 g/mol. The standard InChI is InChI=1S/C27H20N2O4/c30-24-12-4-1-2-5-14(12)26(32)20-16(24)8-10-18-22(20)28-19-11-9-17-21(23(19)29-18)27(33)15-7-3-6-13(15)25(17)31/h8-11,28-29H,1-7H2. The van der Waals surface area contributed by atoms with Crippen LogP contribution in [-0.2, 0) is 25.7 Å². The van der Waals surface area contributed by atoms with Crippen LogP contribution in [0.3, 0.4) is 0 Å². The van der Waals surface area contributed by atoms with Gasteiger partial charge >= 0.3 is 0 Å². The summed E-state index contributed by atoms with van der Waals surface area (Å²) in [4.78, 5) is 59.6. The summed E-state index contributed by atoms with van der Waals surface area (Å²) < 4.78 is 0. The average Bonchev–Trinajstić information content (AvgIpc) is 3.34. The number of aromatic nitrogens is 2. The van der Waals surface area contributed by atoms with E-state index in [2.05, 4.69) is 9.97 Å². The van der Waals surface area contributed by atoms with Gasteiger partial charge in [-0.05, 0) is 69.2 Å². The number of benzene rings is 4. The summed E-state index contributed by atoms with van der Waals surface area (Å²) in [5.74, 6) is 0. The molecule has 6 heteroatoms. The number of rotatable bonds is 0. The van der Waals surface area contributed by atoms with Crippen LogP contribution in [-0.4, -0.2) is 9.97 Å². The van der Waals surface area contributed by atoms with E-state index in [-0.39, 0.29) is 21.7 Å². The van der Waals surface area contributed by atoms with E-state index in [0.29, 0.717) is 91.5 Å². The van der Waals surface area contributed by atoms with Crippen LogP contribution in [0, 0.1) is 0 Å². The summed E-state index contributed by atoms with van der Waals surface area (Å²) in [5, 5.41) is 1.66. The molecular weight excluding hydrogens is 416 g/mol. The number of aromatic amines is 2. The topological polar surface area (TPSA) is 99.9 Å². The highest BCUT2D eigenvalue weighted by molar-refractivity contribution is 6.10. The molecule has 0 saturated heterocycles. The molecule has 0 aliphatic heterocycles. The molecule has 0 radical (unpaired) electrons. The molecule has 0 amide bonds. The third-order valence-electron chi connectivity index (χ3n) is 7.66. The molecule has 0 spiro atoms. The molecule has 5 aromatic rings. The van der Waals surface area contributed by atoms with Crippen molar-refractivity contribution in [1.82, 2.24) is 9.97 Å². The lowest BCUT2D eigenvalue weighted by molar-refractivity contribution is 0.680. The Kier molecular flexibility index (Phi) is 3.62. The van der Waals surface area contributed by atoms with Crippen molar-refractivity contribution < 1.29 is 0 Å². The lowest BCUT2D eigenvalue weighted by Gasteiger charge is -2.16. The minimum atomic E-state index is -0.0899. The van der Waals surface area contributed by atoms with Crippen molar-refractivity contribution in [3.8, 4) is 0 Å². The van der Waals surface area contributed by atoms with Gasteiger partial charge in [0.25, 0.3) is 0 Å². The van der Waals surface area contributed by atoms with E-state index in [4.69, 9.17) is 0 Å². The summed E-state index contributed by atoms with van der Waals surface area (Å²) in [7, 11) is 0. The maximum atomic E-state index is 13.5. The zero-order valence-electron chi connectivity index (χ0n) is 17.9. The Morgan fingerprint density at radius 3 is 1.33 bits per heavy atom. The third kappa shape index (κ3) is 2.33. The molecular formula is C27H20N2O4. The van der Waals surface area contributed by atoms with Crippen molar-refractivity contribution >= 4 is 43.6 Å². The highest BCUT2D eigenvalue weighted by Crippen LogP contribution is 2.28. The summed E-state index contributed by atoms with van der Waals surface area (Å²) >= 11 is 0. The molecule has 0 bridgehead atoms. The van der Waals surface area contributed by atoms with Gasteiger partial charge in [-0.15, -0.1) is 0 Å². The van der Waals surface area contributed by atoms with E-state index in [1.54, 1.807) is 24.3 Å². The number of H-pyrrole nitrogens is 2. The van der Waals surface area contributed by atoms with Gasteiger partial charge in [-0.25, -0.2) is 0 Å². The molecule has 1 aromatic heterocycles. The molecule has 0 unspecified atom stereocenters. The molecule has 7 rings (SSSR count). The van der Waals surface area contributed by atoms with Crippen LogP contribution in [0.4, 0.5) is 0 Å². The fourth-order valence-corrected chi connectivity index (χ4v) is 6.07. The quantitative estimate of drug-likeness (QED) is 0.288. The Morgan fingerprint density at radius 1 is 0.485 bits per heavy atom. The summed E-state index contributed by atoms with van der Waals surface area (Å²) in [6.45, 7) is 0. The molecule has 2 aliphatic rings. The first-order chi connectivity index (χ1) is 16.0. The van der Waals surface area contributed by atoms with Crippen LogP contribution in [0.15, 0.2) is 43.4 Å². The molecule has 162 valence electrons. The van der Waals surface area contributed by atoms with Crippen LogP contribution in [0.25, 0.3) is 43.6 Å². The van der Waals surface area contributed by atoms with E-state index in [1.165, 1.54) is 0 Å². The molecule has 33 heavy (non-hydrogen) atoms. The first kappa shape index (κ1) is 18.7. The minimum absolute atomic E-state index is 0.0541. The first-order valence-electron chi connectivity index (χ1n) is 11.6. The predicted molar refractivity (Wildman–Crippen MR) is 130 cm³/mol. The van der Waals surface area contributed by atoms with Crippen LogP contribution < -0.4 is 21.7 Å². The van der Waals surface area contributed by atoms with Crippen LogP contribution in [0.2, 0.25) is 0 Å². The Hall–Kier alpha value is -3.80. The zero-order chi connectivity index (χ0) is 22.4. The summed E-state index contributed by atoms with van der Waals surface area (Å²) in [5.41, 5.74) is 4.69. The fraction of sp³-hybridized carbons (Fsp3) is 0.259. The van der Waals surface area contributed by atoms with Gasteiger partial charge in [0, 0.05) is 33.0 Å². The molecule has 2 aliphatic carbocycles. The number of nitrogens with one attached hydrogen (secondary N) is 2. The van der Waals surface area contributed by atoms with Gasteiger partial charge in [0.2, 0.25) is 0 Å². The maximum Gasteiger partial charge on any atom is 0.192 e. The number of hydrogen-bond donors (Lipinski definition) is 2. The Balaban J connectivity index is 1.66. The second-order valence-electron chi connectivity index (χ2n) is 9.36. The largest absolute Gasteiger partial charge is 0.351 e. The highest BCUT2D eigenvalue weighted by Gasteiger charge is 2.24. The molecule has 1 heterocycles. The molecule has 6 nitrogen and oxygen atoms in total. The predicted octanol–water partition coefficient (Wildman–Crippen LogP) is 3.20. The van der Waals surface area contributed by atoms with Crippen molar-refractivity contribution in [2.75, 3.05) is 0 Å². The second-order valence-corrected chi connectivity index (χ2v) is 9.36. The van der Waals surface area contributed by atoms with Crippen molar-refractivity contribution in [1.29, 1.82) is 0 Å². The molecule has 2 N–H and O–H groups in total. The fourth-order valence-electron chi connectivity index (χ4n) is 6.07. The number of hydrogen-bond acceptors (Lipinski definition) is 4. The van der Waals surface area contributed by atoms with E-state index >= 15 is 0 Å². The lowest BCUT2D eigenvalue weighted by Crippen LogP contribution is -2.25. The molecule has 0 fully saturated rings. The van der Waals surface area contributed by atoms with E-state index in [1.807, 2.05) is 0 Å². The Labute approximate surface area is 186 Å².